The van der Waals surface area contributed by atoms with Crippen LogP contribution >= 0.6 is 0 Å². The molecule has 0 saturated carbocycles. The Balaban J connectivity index is 0.000000322. The SMILES string of the molecule is FC(F)(F)c1cnc(N[C@@H]2CCNC2)nc1.O=C(O)C(F)(F)F. The summed E-state index contributed by atoms with van der Waals surface area (Å²) < 4.78 is 68.4. The van der Waals surface area contributed by atoms with Crippen LogP contribution in [0.4, 0.5) is 32.3 Å². The molecule has 1 aliphatic rings. The summed E-state index contributed by atoms with van der Waals surface area (Å²) in [5, 5.41) is 13.2. The number of alkyl halides is 6. The first-order chi connectivity index (χ1) is 10.5. The van der Waals surface area contributed by atoms with Crippen LogP contribution in [0.15, 0.2) is 12.4 Å². The molecule has 0 amide bonds. The van der Waals surface area contributed by atoms with Crippen LogP contribution in [0.25, 0.3) is 0 Å². The predicted molar refractivity (Wildman–Crippen MR) is 65.6 cm³/mol. The van der Waals surface area contributed by atoms with E-state index in [1.807, 2.05) is 0 Å². The summed E-state index contributed by atoms with van der Waals surface area (Å²) in [6.07, 6.45) is -6.97. The van der Waals surface area contributed by atoms with E-state index >= 15 is 0 Å². The first-order valence-corrected chi connectivity index (χ1v) is 6.16. The molecule has 130 valence electrons. The molecule has 23 heavy (non-hydrogen) atoms. The van der Waals surface area contributed by atoms with Gasteiger partial charge in [-0.2, -0.15) is 26.3 Å². The average molecular weight is 346 g/mol. The lowest BCUT2D eigenvalue weighted by molar-refractivity contribution is -0.192. The predicted octanol–water partition coefficient (Wildman–Crippen LogP) is 1.90. The van der Waals surface area contributed by atoms with E-state index in [2.05, 4.69) is 20.6 Å². The molecule has 0 spiro atoms. The number of carboxylic acid groups (broad SMARTS) is 1. The van der Waals surface area contributed by atoms with Crippen molar-refractivity contribution < 1.29 is 36.2 Å². The van der Waals surface area contributed by atoms with Crippen molar-refractivity contribution in [2.75, 3.05) is 18.4 Å². The maximum Gasteiger partial charge on any atom is 0.490 e. The van der Waals surface area contributed by atoms with Gasteiger partial charge in [0, 0.05) is 25.0 Å². The largest absolute Gasteiger partial charge is 0.490 e. The number of nitrogens with zero attached hydrogens (tertiary/aromatic N) is 2. The number of aromatic nitrogens is 2. The zero-order valence-electron chi connectivity index (χ0n) is 11.4. The maximum absolute atomic E-state index is 12.2. The fraction of sp³-hybridized carbons (Fsp3) is 0.545. The molecule has 1 aromatic heterocycles. The highest BCUT2D eigenvalue weighted by Gasteiger charge is 2.38. The number of hydrogen-bond donors (Lipinski definition) is 3. The fourth-order valence-corrected chi connectivity index (χ4v) is 1.51. The Bertz CT molecular complexity index is 511. The van der Waals surface area contributed by atoms with E-state index in [1.165, 1.54) is 0 Å². The minimum absolute atomic E-state index is 0.191. The van der Waals surface area contributed by atoms with Crippen LogP contribution in [-0.2, 0) is 11.0 Å². The number of halogens is 6. The third kappa shape index (κ3) is 6.67. The Hall–Kier alpha value is -2.11. The zero-order chi connectivity index (χ0) is 17.7. The van der Waals surface area contributed by atoms with E-state index in [0.29, 0.717) is 0 Å². The number of carbonyl (C=O) groups is 1. The van der Waals surface area contributed by atoms with Crippen molar-refractivity contribution in [1.29, 1.82) is 0 Å². The first-order valence-electron chi connectivity index (χ1n) is 6.16. The summed E-state index contributed by atoms with van der Waals surface area (Å²) in [5.74, 6) is -2.52. The van der Waals surface area contributed by atoms with E-state index in [4.69, 9.17) is 9.90 Å². The van der Waals surface area contributed by atoms with Crippen molar-refractivity contribution in [1.82, 2.24) is 15.3 Å². The van der Waals surface area contributed by atoms with Gasteiger partial charge in [0.1, 0.15) is 0 Å². The molecule has 6 nitrogen and oxygen atoms in total. The second-order valence-corrected chi connectivity index (χ2v) is 4.43. The highest BCUT2D eigenvalue weighted by Crippen LogP contribution is 2.28. The van der Waals surface area contributed by atoms with Crippen molar-refractivity contribution in [2.24, 2.45) is 0 Å². The van der Waals surface area contributed by atoms with E-state index in [-0.39, 0.29) is 12.0 Å². The lowest BCUT2D eigenvalue weighted by Gasteiger charge is -2.11. The Morgan fingerprint density at radius 2 is 1.74 bits per heavy atom. The second kappa shape index (κ2) is 7.44. The molecule has 0 unspecified atom stereocenters. The second-order valence-electron chi connectivity index (χ2n) is 4.43. The van der Waals surface area contributed by atoms with Crippen molar-refractivity contribution in [2.45, 2.75) is 24.8 Å². The van der Waals surface area contributed by atoms with Gasteiger partial charge in [-0.1, -0.05) is 0 Å². The van der Waals surface area contributed by atoms with Crippen LogP contribution in [0, 0.1) is 0 Å². The molecule has 1 atom stereocenters. The molecular weight excluding hydrogens is 334 g/mol. The first kappa shape index (κ1) is 18.9. The van der Waals surface area contributed by atoms with Gasteiger partial charge in [-0.15, -0.1) is 0 Å². The highest BCUT2D eigenvalue weighted by molar-refractivity contribution is 5.73. The van der Waals surface area contributed by atoms with Crippen molar-refractivity contribution in [3.05, 3.63) is 18.0 Å². The number of hydrogen-bond acceptors (Lipinski definition) is 5. The monoisotopic (exact) mass is 346 g/mol. The molecule has 0 aromatic carbocycles. The number of aliphatic carboxylic acids is 1. The van der Waals surface area contributed by atoms with Crippen LogP contribution in [0.5, 0.6) is 0 Å². The molecule has 1 aliphatic heterocycles. The smallest absolute Gasteiger partial charge is 0.475 e. The van der Waals surface area contributed by atoms with E-state index in [1.54, 1.807) is 0 Å². The number of anilines is 1. The van der Waals surface area contributed by atoms with Crippen LogP contribution in [0.3, 0.4) is 0 Å². The third-order valence-electron chi connectivity index (χ3n) is 2.62. The van der Waals surface area contributed by atoms with Gasteiger partial charge in [0.2, 0.25) is 5.95 Å². The summed E-state index contributed by atoms with van der Waals surface area (Å²) >= 11 is 0. The highest BCUT2D eigenvalue weighted by atomic mass is 19.4. The fourth-order valence-electron chi connectivity index (χ4n) is 1.51. The molecule has 1 fully saturated rings. The van der Waals surface area contributed by atoms with Gasteiger partial charge in [-0.25, -0.2) is 14.8 Å². The molecule has 0 bridgehead atoms. The lowest BCUT2D eigenvalue weighted by Crippen LogP contribution is -2.23. The minimum Gasteiger partial charge on any atom is -0.475 e. The number of rotatable bonds is 2. The Labute approximate surface area is 125 Å². The summed E-state index contributed by atoms with van der Waals surface area (Å²) in [7, 11) is 0. The maximum atomic E-state index is 12.2. The topological polar surface area (TPSA) is 87.1 Å². The standard InChI is InChI=1S/C9H11F3N4.C2HF3O2/c10-9(11,12)6-3-14-8(15-4-6)16-7-1-2-13-5-7;3-2(4,5)1(6)7/h3-4,7,13H,1-2,5H2,(H,14,15,16);(H,6,7)/t7-;/m1./s1. The Morgan fingerprint density at radius 3 is 2.09 bits per heavy atom. The molecular formula is C11H12F6N4O2. The van der Waals surface area contributed by atoms with Crippen LogP contribution in [-0.4, -0.2) is 46.4 Å². The average Bonchev–Trinajstić information content (AvgIpc) is 2.91. The van der Waals surface area contributed by atoms with Crippen molar-refractivity contribution >= 4 is 11.9 Å². The third-order valence-corrected chi connectivity index (χ3v) is 2.62. The van der Waals surface area contributed by atoms with Crippen molar-refractivity contribution in [3.63, 3.8) is 0 Å². The number of nitrogens with one attached hydrogen (secondary N) is 2. The summed E-state index contributed by atoms with van der Waals surface area (Å²) in [4.78, 5) is 16.2. The van der Waals surface area contributed by atoms with Crippen molar-refractivity contribution in [3.8, 4) is 0 Å². The lowest BCUT2D eigenvalue weighted by atomic mass is 10.3. The summed E-state index contributed by atoms with van der Waals surface area (Å²) in [5.41, 5.74) is -0.831. The molecule has 3 N–H and O–H groups in total. The molecule has 1 aromatic rings. The molecule has 1 saturated heterocycles. The van der Waals surface area contributed by atoms with E-state index < -0.39 is 23.9 Å². The van der Waals surface area contributed by atoms with Gasteiger partial charge < -0.3 is 15.7 Å². The Kier molecular flexibility index (Phi) is 6.12. The van der Waals surface area contributed by atoms with Gasteiger partial charge in [0.25, 0.3) is 0 Å². The molecule has 2 rings (SSSR count). The van der Waals surface area contributed by atoms with E-state index in [9.17, 15) is 26.3 Å². The molecule has 2 heterocycles. The molecule has 0 aliphatic carbocycles. The minimum atomic E-state index is -5.08. The van der Waals surface area contributed by atoms with Crippen LogP contribution in [0.1, 0.15) is 12.0 Å². The molecule has 0 radical (unpaired) electrons. The van der Waals surface area contributed by atoms with Gasteiger partial charge in [-0.05, 0) is 13.0 Å². The van der Waals surface area contributed by atoms with Gasteiger partial charge in [0.15, 0.2) is 0 Å². The van der Waals surface area contributed by atoms with Gasteiger partial charge in [-0.3, -0.25) is 0 Å². The normalized spacial score (nSPS) is 18.1. The van der Waals surface area contributed by atoms with Crippen LogP contribution < -0.4 is 10.6 Å². The summed E-state index contributed by atoms with van der Waals surface area (Å²) in [6, 6.07) is 0.191. The van der Waals surface area contributed by atoms with E-state index in [0.717, 1.165) is 31.9 Å². The molecule has 12 heteroatoms. The Morgan fingerprint density at radius 1 is 1.22 bits per heavy atom. The zero-order valence-corrected chi connectivity index (χ0v) is 11.4. The van der Waals surface area contributed by atoms with Gasteiger partial charge >= 0.3 is 18.3 Å². The number of carboxylic acids is 1. The van der Waals surface area contributed by atoms with Crippen LogP contribution in [0.2, 0.25) is 0 Å². The summed E-state index contributed by atoms with van der Waals surface area (Å²) in [6.45, 7) is 1.68. The quantitative estimate of drug-likeness (QED) is 0.709. The van der Waals surface area contributed by atoms with Gasteiger partial charge in [0.05, 0.1) is 5.56 Å².